The number of nitrogens with one attached hydrogen (secondary N) is 2. The van der Waals surface area contributed by atoms with Crippen molar-refractivity contribution in [3.8, 4) is 5.75 Å². The minimum atomic E-state index is -2.84. The number of alkyl halides is 2. The van der Waals surface area contributed by atoms with Crippen LogP contribution < -0.4 is 15.4 Å². The number of halogens is 3. The van der Waals surface area contributed by atoms with Crippen LogP contribution in [0.1, 0.15) is 11.1 Å². The summed E-state index contributed by atoms with van der Waals surface area (Å²) in [6.07, 6.45) is 0.721. The van der Waals surface area contributed by atoms with Crippen molar-refractivity contribution in [1.29, 1.82) is 0 Å². The monoisotopic (exact) mass is 351 g/mol. The van der Waals surface area contributed by atoms with Gasteiger partial charge in [0.1, 0.15) is 11.6 Å². The number of aliphatic imine (C=N–C) groups is 1. The van der Waals surface area contributed by atoms with Gasteiger partial charge in [0.05, 0.1) is 0 Å². The molecule has 134 valence electrons. The maximum atomic E-state index is 12.9. The van der Waals surface area contributed by atoms with Gasteiger partial charge in [-0.05, 0) is 41.8 Å². The molecule has 0 atom stereocenters. The minimum Gasteiger partial charge on any atom is -0.435 e. The van der Waals surface area contributed by atoms with Gasteiger partial charge in [-0.1, -0.05) is 24.3 Å². The molecule has 0 aliphatic carbocycles. The largest absolute Gasteiger partial charge is 0.435 e. The maximum absolute atomic E-state index is 12.9. The summed E-state index contributed by atoms with van der Waals surface area (Å²) in [4.78, 5) is 4.10. The summed E-state index contributed by atoms with van der Waals surface area (Å²) in [5.74, 6) is 0.447. The number of hydrogen-bond acceptors (Lipinski definition) is 2. The van der Waals surface area contributed by atoms with E-state index in [1.165, 1.54) is 18.2 Å². The SMILES string of the molecule is CN=C(NCCc1ccc(F)cc1)NCc1cccc(OC(F)F)c1. The lowest BCUT2D eigenvalue weighted by Gasteiger charge is -2.13. The van der Waals surface area contributed by atoms with E-state index < -0.39 is 6.61 Å². The molecule has 0 aliphatic rings. The Morgan fingerprint density at radius 2 is 1.84 bits per heavy atom. The zero-order valence-corrected chi connectivity index (χ0v) is 13.8. The zero-order valence-electron chi connectivity index (χ0n) is 13.8. The molecule has 0 saturated carbocycles. The van der Waals surface area contributed by atoms with Crippen molar-refractivity contribution < 1.29 is 17.9 Å². The van der Waals surface area contributed by atoms with Crippen LogP contribution in [0.5, 0.6) is 5.75 Å². The lowest BCUT2D eigenvalue weighted by Crippen LogP contribution is -2.37. The molecule has 0 radical (unpaired) electrons. The van der Waals surface area contributed by atoms with E-state index in [2.05, 4.69) is 20.4 Å². The number of benzene rings is 2. The summed E-state index contributed by atoms with van der Waals surface area (Å²) < 4.78 is 41.7. The minimum absolute atomic E-state index is 0.119. The molecule has 0 saturated heterocycles. The quantitative estimate of drug-likeness (QED) is 0.594. The molecule has 2 rings (SSSR count). The van der Waals surface area contributed by atoms with Crippen molar-refractivity contribution >= 4 is 5.96 Å². The molecule has 0 amide bonds. The zero-order chi connectivity index (χ0) is 18.1. The smallest absolute Gasteiger partial charge is 0.387 e. The van der Waals surface area contributed by atoms with Crippen LogP contribution in [0.25, 0.3) is 0 Å². The molecule has 4 nitrogen and oxygen atoms in total. The molecular weight excluding hydrogens is 331 g/mol. The number of hydrogen-bond donors (Lipinski definition) is 2. The Labute approximate surface area is 144 Å². The third-order valence-electron chi connectivity index (χ3n) is 3.43. The molecule has 0 spiro atoms. The Morgan fingerprint density at radius 1 is 1.08 bits per heavy atom. The Balaban J connectivity index is 1.79. The predicted octanol–water partition coefficient (Wildman–Crippen LogP) is 3.33. The first kappa shape index (κ1) is 18.6. The summed E-state index contributed by atoms with van der Waals surface area (Å²) in [6, 6.07) is 12.8. The molecule has 2 aromatic carbocycles. The van der Waals surface area contributed by atoms with Crippen LogP contribution in [0.4, 0.5) is 13.2 Å². The fourth-order valence-electron chi connectivity index (χ4n) is 2.21. The Hall–Kier alpha value is -2.70. The highest BCUT2D eigenvalue weighted by Gasteiger charge is 2.05. The molecule has 2 aromatic rings. The number of nitrogens with zero attached hydrogens (tertiary/aromatic N) is 1. The fraction of sp³-hybridized carbons (Fsp3) is 0.278. The third-order valence-corrected chi connectivity index (χ3v) is 3.43. The van der Waals surface area contributed by atoms with Gasteiger partial charge < -0.3 is 15.4 Å². The van der Waals surface area contributed by atoms with Crippen molar-refractivity contribution in [3.63, 3.8) is 0 Å². The second kappa shape index (κ2) is 9.56. The summed E-state index contributed by atoms with van der Waals surface area (Å²) in [5, 5.41) is 6.24. The Kier molecular flexibility index (Phi) is 7.13. The van der Waals surface area contributed by atoms with E-state index in [9.17, 15) is 13.2 Å². The van der Waals surface area contributed by atoms with Gasteiger partial charge in [0.15, 0.2) is 5.96 Å². The molecule has 2 N–H and O–H groups in total. The first-order valence-corrected chi connectivity index (χ1v) is 7.79. The van der Waals surface area contributed by atoms with Crippen molar-refractivity contribution in [3.05, 3.63) is 65.5 Å². The number of guanidine groups is 1. The standard InChI is InChI=1S/C18H20F3N3O/c1-22-18(23-10-9-13-5-7-15(19)8-6-13)24-12-14-3-2-4-16(11-14)25-17(20)21/h2-8,11,17H,9-10,12H2,1H3,(H2,22,23,24). The van der Waals surface area contributed by atoms with Gasteiger partial charge in [-0.15, -0.1) is 0 Å². The van der Waals surface area contributed by atoms with Crippen LogP contribution in [-0.4, -0.2) is 26.2 Å². The highest BCUT2D eigenvalue weighted by atomic mass is 19.3. The normalized spacial score (nSPS) is 11.5. The Bertz CT molecular complexity index is 690. The van der Waals surface area contributed by atoms with Gasteiger partial charge in [0.2, 0.25) is 0 Å². The van der Waals surface area contributed by atoms with Crippen molar-refractivity contribution in [2.24, 2.45) is 4.99 Å². The first-order valence-electron chi connectivity index (χ1n) is 7.79. The van der Waals surface area contributed by atoms with E-state index in [0.717, 1.165) is 17.5 Å². The molecule has 0 heterocycles. The van der Waals surface area contributed by atoms with E-state index >= 15 is 0 Å². The average Bonchev–Trinajstić information content (AvgIpc) is 2.59. The molecule has 0 aliphatic heterocycles. The van der Waals surface area contributed by atoms with E-state index in [0.29, 0.717) is 19.0 Å². The van der Waals surface area contributed by atoms with E-state index in [-0.39, 0.29) is 11.6 Å². The molecule has 25 heavy (non-hydrogen) atoms. The van der Waals surface area contributed by atoms with Crippen molar-refractivity contribution in [2.45, 2.75) is 19.6 Å². The topological polar surface area (TPSA) is 45.7 Å². The predicted molar refractivity (Wildman–Crippen MR) is 91.4 cm³/mol. The Morgan fingerprint density at radius 3 is 2.52 bits per heavy atom. The van der Waals surface area contributed by atoms with Gasteiger partial charge in [-0.2, -0.15) is 8.78 Å². The summed E-state index contributed by atoms with van der Waals surface area (Å²) >= 11 is 0. The summed E-state index contributed by atoms with van der Waals surface area (Å²) in [7, 11) is 1.64. The molecule has 0 fully saturated rings. The highest BCUT2D eigenvalue weighted by molar-refractivity contribution is 5.79. The van der Waals surface area contributed by atoms with Crippen LogP contribution >= 0.6 is 0 Å². The van der Waals surface area contributed by atoms with Gasteiger partial charge in [0, 0.05) is 20.1 Å². The van der Waals surface area contributed by atoms with Gasteiger partial charge in [-0.3, -0.25) is 4.99 Å². The third kappa shape index (κ3) is 6.74. The number of ether oxygens (including phenoxy) is 1. The molecular formula is C18H20F3N3O. The van der Waals surface area contributed by atoms with Crippen molar-refractivity contribution in [1.82, 2.24) is 10.6 Å². The van der Waals surface area contributed by atoms with E-state index in [1.54, 1.807) is 37.4 Å². The van der Waals surface area contributed by atoms with Gasteiger partial charge >= 0.3 is 6.61 Å². The van der Waals surface area contributed by atoms with Crippen LogP contribution in [0.3, 0.4) is 0 Å². The van der Waals surface area contributed by atoms with Crippen LogP contribution in [0.15, 0.2) is 53.5 Å². The van der Waals surface area contributed by atoms with Crippen LogP contribution in [0.2, 0.25) is 0 Å². The van der Waals surface area contributed by atoms with Crippen LogP contribution in [0, 0.1) is 5.82 Å². The van der Waals surface area contributed by atoms with Crippen molar-refractivity contribution in [2.75, 3.05) is 13.6 Å². The average molecular weight is 351 g/mol. The molecule has 0 unspecified atom stereocenters. The second-order valence-electron chi connectivity index (χ2n) is 5.25. The summed E-state index contributed by atoms with van der Waals surface area (Å²) in [5.41, 5.74) is 1.81. The van der Waals surface area contributed by atoms with E-state index in [4.69, 9.17) is 0 Å². The first-order chi connectivity index (χ1) is 12.1. The van der Waals surface area contributed by atoms with Gasteiger partial charge in [-0.25, -0.2) is 4.39 Å². The fourth-order valence-corrected chi connectivity index (χ4v) is 2.21. The summed E-state index contributed by atoms with van der Waals surface area (Å²) in [6.45, 7) is -1.81. The molecule has 0 aromatic heterocycles. The lowest BCUT2D eigenvalue weighted by atomic mass is 10.1. The van der Waals surface area contributed by atoms with Gasteiger partial charge in [0.25, 0.3) is 0 Å². The maximum Gasteiger partial charge on any atom is 0.387 e. The second-order valence-corrected chi connectivity index (χ2v) is 5.25. The van der Waals surface area contributed by atoms with Crippen LogP contribution in [-0.2, 0) is 13.0 Å². The van der Waals surface area contributed by atoms with E-state index in [1.807, 2.05) is 0 Å². The number of rotatable bonds is 7. The molecule has 0 bridgehead atoms. The highest BCUT2D eigenvalue weighted by Crippen LogP contribution is 2.15. The lowest BCUT2D eigenvalue weighted by molar-refractivity contribution is -0.0498. The molecule has 7 heteroatoms.